The van der Waals surface area contributed by atoms with Gasteiger partial charge in [-0.25, -0.2) is 8.78 Å². The largest absolute Gasteiger partial charge is 0.491 e. The standard InChI is InChI=1S/C23H26F2N4O4/c1-5-28-11-14-9-16(27(2)3)18-17(20(30)21(33-4)19(23(28)32)29(14)18)22(31)26-10-12-6-7-13(24)8-15(12)25/h6-8,14,16H,5,9-11H2,1-4H3,(H,26,31)/t14-,16+/m0/s1. The first kappa shape index (κ1) is 22.9. The third-order valence-corrected chi connectivity index (χ3v) is 6.39. The molecule has 0 aliphatic carbocycles. The van der Waals surface area contributed by atoms with Gasteiger partial charge in [-0.05, 0) is 33.5 Å². The number of amides is 2. The van der Waals surface area contributed by atoms with Gasteiger partial charge in [0, 0.05) is 31.3 Å². The fourth-order valence-corrected chi connectivity index (χ4v) is 4.78. The van der Waals surface area contributed by atoms with Crippen LogP contribution in [-0.2, 0) is 6.54 Å². The Bertz CT molecular complexity index is 1190. The van der Waals surface area contributed by atoms with Crippen LogP contribution in [0.15, 0.2) is 23.0 Å². The zero-order valence-electron chi connectivity index (χ0n) is 18.9. The summed E-state index contributed by atoms with van der Waals surface area (Å²) in [5.74, 6) is -2.71. The quantitative estimate of drug-likeness (QED) is 0.714. The highest BCUT2D eigenvalue weighted by Crippen LogP contribution is 2.44. The molecule has 1 aromatic carbocycles. The number of benzene rings is 1. The van der Waals surface area contributed by atoms with Crippen LogP contribution < -0.4 is 15.5 Å². The summed E-state index contributed by atoms with van der Waals surface area (Å²) < 4.78 is 34.3. The molecule has 0 saturated carbocycles. The first-order valence-electron chi connectivity index (χ1n) is 10.7. The Hall–Kier alpha value is -3.27. The van der Waals surface area contributed by atoms with Crippen LogP contribution in [0.4, 0.5) is 8.78 Å². The third-order valence-electron chi connectivity index (χ3n) is 6.39. The average molecular weight is 460 g/mol. The van der Waals surface area contributed by atoms with Crippen molar-refractivity contribution in [2.45, 2.75) is 32.0 Å². The summed E-state index contributed by atoms with van der Waals surface area (Å²) >= 11 is 0. The lowest BCUT2D eigenvalue weighted by atomic mass is 10.0. The second-order valence-electron chi connectivity index (χ2n) is 8.47. The van der Waals surface area contributed by atoms with Gasteiger partial charge in [-0.15, -0.1) is 0 Å². The Morgan fingerprint density at radius 3 is 2.61 bits per heavy atom. The predicted octanol–water partition coefficient (Wildman–Crippen LogP) is 2.09. The summed E-state index contributed by atoms with van der Waals surface area (Å²) in [7, 11) is 4.98. The first-order valence-corrected chi connectivity index (χ1v) is 10.7. The molecular formula is C23H26F2N4O4. The van der Waals surface area contributed by atoms with E-state index in [1.807, 2.05) is 25.9 Å². The van der Waals surface area contributed by atoms with E-state index in [0.717, 1.165) is 12.1 Å². The molecule has 0 fully saturated rings. The van der Waals surface area contributed by atoms with E-state index in [4.69, 9.17) is 4.74 Å². The maximum absolute atomic E-state index is 14.0. The lowest BCUT2D eigenvalue weighted by Crippen LogP contribution is -2.45. The van der Waals surface area contributed by atoms with Gasteiger partial charge in [-0.2, -0.15) is 0 Å². The van der Waals surface area contributed by atoms with Crippen molar-refractivity contribution in [3.8, 4) is 5.75 Å². The molecule has 0 unspecified atom stereocenters. The molecule has 10 heteroatoms. The molecule has 0 saturated heterocycles. The minimum absolute atomic E-state index is 0.0852. The van der Waals surface area contributed by atoms with Gasteiger partial charge in [0.15, 0.2) is 11.4 Å². The molecule has 0 radical (unpaired) electrons. The number of methoxy groups -OCH3 is 1. The number of carbonyl (C=O) groups is 2. The highest BCUT2D eigenvalue weighted by Gasteiger charge is 2.45. The van der Waals surface area contributed by atoms with Gasteiger partial charge >= 0.3 is 0 Å². The van der Waals surface area contributed by atoms with Crippen molar-refractivity contribution in [2.75, 3.05) is 34.3 Å². The molecule has 2 aliphatic heterocycles. The number of rotatable bonds is 6. The van der Waals surface area contributed by atoms with Crippen molar-refractivity contribution in [1.29, 1.82) is 0 Å². The van der Waals surface area contributed by atoms with Crippen molar-refractivity contribution in [2.24, 2.45) is 0 Å². The Morgan fingerprint density at radius 2 is 2.00 bits per heavy atom. The summed E-state index contributed by atoms with van der Waals surface area (Å²) in [4.78, 5) is 43.4. The van der Waals surface area contributed by atoms with Crippen molar-refractivity contribution >= 4 is 11.8 Å². The zero-order chi connectivity index (χ0) is 24.0. The molecule has 8 nitrogen and oxygen atoms in total. The normalized spacial score (nSPS) is 19.1. The topological polar surface area (TPSA) is 83.9 Å². The van der Waals surface area contributed by atoms with Gasteiger partial charge in [0.05, 0.1) is 24.9 Å². The van der Waals surface area contributed by atoms with Crippen LogP contribution in [0.5, 0.6) is 5.75 Å². The minimum atomic E-state index is -0.795. The highest BCUT2D eigenvalue weighted by molar-refractivity contribution is 6.00. The number of halogens is 2. The summed E-state index contributed by atoms with van der Waals surface area (Å²) in [5.41, 5.74) is -0.123. The molecule has 2 aliphatic rings. The van der Waals surface area contributed by atoms with Gasteiger partial charge < -0.3 is 24.4 Å². The van der Waals surface area contributed by atoms with Gasteiger partial charge in [-0.1, -0.05) is 6.07 Å². The maximum atomic E-state index is 14.0. The lowest BCUT2D eigenvalue weighted by molar-refractivity contribution is 0.0672. The van der Waals surface area contributed by atoms with Crippen LogP contribution in [0.25, 0.3) is 0 Å². The molecular weight excluding hydrogens is 434 g/mol. The van der Waals surface area contributed by atoms with Gasteiger partial charge in [0.25, 0.3) is 11.8 Å². The molecule has 176 valence electrons. The van der Waals surface area contributed by atoms with Gasteiger partial charge in [0.2, 0.25) is 5.43 Å². The van der Waals surface area contributed by atoms with Crippen molar-refractivity contribution in [1.82, 2.24) is 19.7 Å². The number of pyridine rings is 1. The number of nitrogens with zero attached hydrogens (tertiary/aromatic N) is 3. The fraction of sp³-hybridized carbons (Fsp3) is 0.435. The van der Waals surface area contributed by atoms with Crippen molar-refractivity contribution < 1.29 is 23.1 Å². The van der Waals surface area contributed by atoms with Crippen LogP contribution in [0.1, 0.15) is 57.5 Å². The van der Waals surface area contributed by atoms with Crippen molar-refractivity contribution in [3.63, 3.8) is 0 Å². The van der Waals surface area contributed by atoms with E-state index in [9.17, 15) is 23.2 Å². The Morgan fingerprint density at radius 1 is 1.27 bits per heavy atom. The summed E-state index contributed by atoms with van der Waals surface area (Å²) in [6.07, 6.45) is 0.614. The van der Waals surface area contributed by atoms with E-state index in [-0.39, 0.29) is 47.1 Å². The second-order valence-corrected chi connectivity index (χ2v) is 8.47. The number of carbonyl (C=O) groups excluding carboxylic acids is 2. The summed E-state index contributed by atoms with van der Waals surface area (Å²) in [5, 5.41) is 2.57. The van der Waals surface area contributed by atoms with E-state index in [1.165, 1.54) is 13.2 Å². The lowest BCUT2D eigenvalue weighted by Gasteiger charge is -2.34. The SMILES string of the molecule is CCN1C[C@@H]2C[C@@H](N(C)C)c3c(C(=O)NCc4ccc(F)cc4F)c(=O)c(OC)c(n32)C1=O. The number of nitrogens with one attached hydrogen (secondary N) is 1. The number of aromatic nitrogens is 1. The van der Waals surface area contributed by atoms with E-state index in [1.54, 1.807) is 9.47 Å². The third kappa shape index (κ3) is 3.68. The van der Waals surface area contributed by atoms with Gasteiger partial charge in [0.1, 0.15) is 17.2 Å². The Balaban J connectivity index is 1.83. The smallest absolute Gasteiger partial charge is 0.274 e. The van der Waals surface area contributed by atoms with Crippen LogP contribution in [0, 0.1) is 11.6 Å². The van der Waals surface area contributed by atoms with Gasteiger partial charge in [-0.3, -0.25) is 14.4 Å². The maximum Gasteiger partial charge on any atom is 0.274 e. The van der Waals surface area contributed by atoms with E-state index in [2.05, 4.69) is 5.32 Å². The molecule has 2 atom stereocenters. The number of ether oxygens (including phenoxy) is 1. The monoisotopic (exact) mass is 460 g/mol. The molecule has 2 amide bonds. The first-order chi connectivity index (χ1) is 15.7. The summed E-state index contributed by atoms with van der Waals surface area (Å²) in [6, 6.07) is 2.67. The summed E-state index contributed by atoms with van der Waals surface area (Å²) in [6.45, 7) is 2.59. The number of likely N-dealkylation sites (N-methyl/N-ethyl adjacent to an activating group) is 1. The average Bonchev–Trinajstić information content (AvgIpc) is 3.14. The Kier molecular flexibility index (Phi) is 5.96. The molecule has 1 N–H and O–H groups in total. The molecule has 0 spiro atoms. The van der Waals surface area contributed by atoms with Crippen molar-refractivity contribution in [3.05, 3.63) is 62.6 Å². The molecule has 0 bridgehead atoms. The highest BCUT2D eigenvalue weighted by atomic mass is 19.1. The number of hydrogen-bond donors (Lipinski definition) is 1. The molecule has 1 aromatic heterocycles. The fourth-order valence-electron chi connectivity index (χ4n) is 4.78. The van der Waals surface area contributed by atoms with Crippen LogP contribution in [0.3, 0.4) is 0 Å². The van der Waals surface area contributed by atoms with Crippen LogP contribution in [-0.4, -0.2) is 60.5 Å². The van der Waals surface area contributed by atoms with E-state index < -0.39 is 23.0 Å². The van der Waals surface area contributed by atoms with Crippen LogP contribution >= 0.6 is 0 Å². The second kappa shape index (κ2) is 8.58. The van der Waals surface area contributed by atoms with E-state index in [0.29, 0.717) is 25.2 Å². The van der Waals surface area contributed by atoms with Crippen LogP contribution in [0.2, 0.25) is 0 Å². The molecule has 3 heterocycles. The predicted molar refractivity (Wildman–Crippen MR) is 116 cm³/mol. The molecule has 2 aromatic rings. The minimum Gasteiger partial charge on any atom is -0.491 e. The Labute approximate surface area is 189 Å². The zero-order valence-corrected chi connectivity index (χ0v) is 18.9. The van der Waals surface area contributed by atoms with E-state index >= 15 is 0 Å². The molecule has 33 heavy (non-hydrogen) atoms. The number of hydrogen-bond acceptors (Lipinski definition) is 5. The molecule has 4 rings (SSSR count).